The number of ether oxygens (including phenoxy) is 2. The summed E-state index contributed by atoms with van der Waals surface area (Å²) in [4.78, 5) is 45.9. The Balaban J connectivity index is 1.19. The lowest BCUT2D eigenvalue weighted by Crippen LogP contribution is -2.55. The lowest BCUT2D eigenvalue weighted by atomic mass is 10.2. The highest BCUT2D eigenvalue weighted by atomic mass is 35.5. The van der Waals surface area contributed by atoms with Gasteiger partial charge in [-0.2, -0.15) is 0 Å². The number of nitrogens with zero attached hydrogens (tertiary/aromatic N) is 4. The first kappa shape index (κ1) is 21.3. The second-order valence-electron chi connectivity index (χ2n) is 7.91. The van der Waals surface area contributed by atoms with E-state index in [1.54, 1.807) is 40.1 Å². The first-order valence-corrected chi connectivity index (χ1v) is 11.0. The molecule has 1 aromatic heterocycles. The fourth-order valence-corrected chi connectivity index (χ4v) is 4.18. The van der Waals surface area contributed by atoms with E-state index in [2.05, 4.69) is 4.98 Å². The largest absolute Gasteiger partial charge is 0.485 e. The molecule has 1 atom stereocenters. The highest BCUT2D eigenvalue weighted by Crippen LogP contribution is 2.31. The zero-order valence-electron chi connectivity index (χ0n) is 17.6. The van der Waals surface area contributed by atoms with Gasteiger partial charge >= 0.3 is 0 Å². The van der Waals surface area contributed by atoms with E-state index in [9.17, 15) is 14.4 Å². The normalized spacial score (nSPS) is 17.8. The van der Waals surface area contributed by atoms with Crippen LogP contribution in [-0.2, 0) is 16.1 Å². The van der Waals surface area contributed by atoms with Crippen molar-refractivity contribution in [3.8, 4) is 11.5 Å². The van der Waals surface area contributed by atoms with Crippen LogP contribution in [0, 0.1) is 0 Å². The van der Waals surface area contributed by atoms with Crippen LogP contribution in [0.5, 0.6) is 11.5 Å². The number of piperazine rings is 1. The third-order valence-corrected chi connectivity index (χ3v) is 6.06. The van der Waals surface area contributed by atoms with Crippen LogP contribution in [-0.4, -0.2) is 70.1 Å². The van der Waals surface area contributed by atoms with Crippen LogP contribution in [0.1, 0.15) is 0 Å². The van der Waals surface area contributed by atoms with Crippen molar-refractivity contribution in [1.82, 2.24) is 19.4 Å². The SMILES string of the molecule is O=C(Cn1cnc2cc(Cl)ccc2c1=O)N1CCN(C(=O)C2COc3ccccc3O2)CC1. The van der Waals surface area contributed by atoms with Gasteiger partial charge in [0.25, 0.3) is 11.5 Å². The number of rotatable bonds is 3. The Morgan fingerprint density at radius 2 is 1.76 bits per heavy atom. The van der Waals surface area contributed by atoms with Crippen molar-refractivity contribution in [3.63, 3.8) is 0 Å². The molecule has 33 heavy (non-hydrogen) atoms. The lowest BCUT2D eigenvalue weighted by Gasteiger charge is -2.37. The van der Waals surface area contributed by atoms with Crippen LogP contribution in [0.25, 0.3) is 10.9 Å². The lowest BCUT2D eigenvalue weighted by molar-refractivity contribution is -0.146. The average Bonchev–Trinajstić information content (AvgIpc) is 2.85. The topological polar surface area (TPSA) is 94.0 Å². The van der Waals surface area contributed by atoms with Gasteiger partial charge < -0.3 is 19.3 Å². The van der Waals surface area contributed by atoms with E-state index in [0.29, 0.717) is 53.6 Å². The molecule has 0 radical (unpaired) electrons. The summed E-state index contributed by atoms with van der Waals surface area (Å²) in [5.74, 6) is 0.807. The third-order valence-electron chi connectivity index (χ3n) is 5.82. The van der Waals surface area contributed by atoms with E-state index in [4.69, 9.17) is 21.1 Å². The van der Waals surface area contributed by atoms with Gasteiger partial charge in [0.2, 0.25) is 12.0 Å². The average molecular weight is 469 g/mol. The minimum Gasteiger partial charge on any atom is -0.485 e. The second-order valence-corrected chi connectivity index (χ2v) is 8.35. The highest BCUT2D eigenvalue weighted by molar-refractivity contribution is 6.31. The van der Waals surface area contributed by atoms with Gasteiger partial charge in [-0.15, -0.1) is 0 Å². The molecule has 0 aliphatic carbocycles. The van der Waals surface area contributed by atoms with Crippen molar-refractivity contribution in [3.05, 3.63) is 64.2 Å². The predicted octanol–water partition coefficient (Wildman–Crippen LogP) is 1.56. The number of halogens is 1. The first-order valence-electron chi connectivity index (χ1n) is 10.6. The Morgan fingerprint density at radius 3 is 2.55 bits per heavy atom. The molecule has 3 heterocycles. The number of carbonyl (C=O) groups excluding carboxylic acids is 2. The fraction of sp³-hybridized carbons (Fsp3) is 0.304. The summed E-state index contributed by atoms with van der Waals surface area (Å²) in [7, 11) is 0. The summed E-state index contributed by atoms with van der Waals surface area (Å²) in [6.07, 6.45) is 0.648. The Bertz CT molecular complexity index is 1290. The van der Waals surface area contributed by atoms with Crippen molar-refractivity contribution in [1.29, 1.82) is 0 Å². The molecule has 2 aliphatic heterocycles. The van der Waals surface area contributed by atoms with Gasteiger partial charge in [0.05, 0.1) is 17.2 Å². The Kier molecular flexibility index (Phi) is 5.63. The number of carbonyl (C=O) groups is 2. The molecule has 2 aromatic carbocycles. The number of aromatic nitrogens is 2. The van der Waals surface area contributed by atoms with Gasteiger partial charge in [0.1, 0.15) is 13.2 Å². The van der Waals surface area contributed by atoms with Gasteiger partial charge in [-0.05, 0) is 30.3 Å². The number of fused-ring (bicyclic) bond motifs is 2. The van der Waals surface area contributed by atoms with E-state index in [0.717, 1.165) is 0 Å². The van der Waals surface area contributed by atoms with Crippen molar-refractivity contribution in [2.45, 2.75) is 12.6 Å². The summed E-state index contributed by atoms with van der Waals surface area (Å²) in [5, 5.41) is 0.895. The quantitative estimate of drug-likeness (QED) is 0.579. The number of amides is 2. The van der Waals surface area contributed by atoms with E-state index >= 15 is 0 Å². The number of hydrogen-bond acceptors (Lipinski definition) is 6. The number of para-hydroxylation sites is 2. The maximum absolute atomic E-state index is 12.9. The second kappa shape index (κ2) is 8.74. The molecule has 10 heteroatoms. The van der Waals surface area contributed by atoms with Crippen molar-refractivity contribution >= 4 is 34.3 Å². The monoisotopic (exact) mass is 468 g/mol. The molecule has 3 aromatic rings. The summed E-state index contributed by atoms with van der Waals surface area (Å²) in [6.45, 7) is 1.55. The molecule has 0 saturated carbocycles. The van der Waals surface area contributed by atoms with E-state index in [1.165, 1.54) is 10.9 Å². The minimum absolute atomic E-state index is 0.116. The van der Waals surface area contributed by atoms with Crippen LogP contribution in [0.2, 0.25) is 5.02 Å². The highest BCUT2D eigenvalue weighted by Gasteiger charge is 2.33. The van der Waals surface area contributed by atoms with Crippen LogP contribution in [0.15, 0.2) is 53.6 Å². The van der Waals surface area contributed by atoms with E-state index in [1.807, 2.05) is 12.1 Å². The minimum atomic E-state index is -0.710. The van der Waals surface area contributed by atoms with Crippen LogP contribution in [0.4, 0.5) is 0 Å². The van der Waals surface area contributed by atoms with E-state index in [-0.39, 0.29) is 30.5 Å². The van der Waals surface area contributed by atoms with Crippen molar-refractivity contribution in [2.24, 2.45) is 0 Å². The Labute approximate surface area is 194 Å². The van der Waals surface area contributed by atoms with Crippen LogP contribution >= 0.6 is 11.6 Å². The van der Waals surface area contributed by atoms with Crippen molar-refractivity contribution < 1.29 is 19.1 Å². The first-order chi connectivity index (χ1) is 16.0. The number of benzene rings is 2. The molecular weight excluding hydrogens is 448 g/mol. The Morgan fingerprint density at radius 1 is 1.03 bits per heavy atom. The molecule has 1 fully saturated rings. The maximum atomic E-state index is 12.9. The van der Waals surface area contributed by atoms with Gasteiger partial charge in [-0.3, -0.25) is 19.0 Å². The van der Waals surface area contributed by atoms with Gasteiger partial charge in [-0.1, -0.05) is 23.7 Å². The molecule has 1 unspecified atom stereocenters. The molecule has 170 valence electrons. The standard InChI is InChI=1S/C23H21ClN4O5/c24-15-5-6-16-17(11-15)25-14-28(22(16)30)12-21(29)26-7-9-27(10-8-26)23(31)20-13-32-18-3-1-2-4-19(18)33-20/h1-6,11,14,20H,7-10,12-13H2. The maximum Gasteiger partial charge on any atom is 0.267 e. The van der Waals surface area contributed by atoms with E-state index < -0.39 is 6.10 Å². The van der Waals surface area contributed by atoms with Crippen LogP contribution < -0.4 is 15.0 Å². The van der Waals surface area contributed by atoms with Crippen molar-refractivity contribution in [2.75, 3.05) is 32.8 Å². The summed E-state index contributed by atoms with van der Waals surface area (Å²) in [5.41, 5.74) is 0.188. The third kappa shape index (κ3) is 4.23. The molecule has 9 nitrogen and oxygen atoms in total. The molecule has 0 spiro atoms. The summed E-state index contributed by atoms with van der Waals surface area (Å²) in [6, 6.07) is 12.1. The summed E-state index contributed by atoms with van der Waals surface area (Å²) >= 11 is 5.95. The zero-order chi connectivity index (χ0) is 22.9. The Hall–Kier alpha value is -3.59. The molecule has 2 amide bonds. The van der Waals surface area contributed by atoms with Gasteiger partial charge in [-0.25, -0.2) is 4.98 Å². The number of hydrogen-bond donors (Lipinski definition) is 0. The smallest absolute Gasteiger partial charge is 0.267 e. The fourth-order valence-electron chi connectivity index (χ4n) is 4.01. The molecular formula is C23H21ClN4O5. The molecule has 2 aliphatic rings. The molecule has 1 saturated heterocycles. The van der Waals surface area contributed by atoms with Crippen LogP contribution in [0.3, 0.4) is 0 Å². The zero-order valence-corrected chi connectivity index (χ0v) is 18.4. The summed E-state index contributed by atoms with van der Waals surface area (Å²) < 4.78 is 12.7. The molecule has 5 rings (SSSR count). The predicted molar refractivity (Wildman–Crippen MR) is 121 cm³/mol. The molecule has 0 bridgehead atoms. The van der Waals surface area contributed by atoms with Gasteiger partial charge in [0, 0.05) is 31.2 Å². The van der Waals surface area contributed by atoms with Gasteiger partial charge in [0.15, 0.2) is 11.5 Å². The molecule has 0 N–H and O–H groups in total.